The number of aryl methyl sites for hydroxylation is 1. The van der Waals surface area contributed by atoms with Gasteiger partial charge in [-0.05, 0) is 0 Å². The van der Waals surface area contributed by atoms with Crippen molar-refractivity contribution in [1.29, 1.82) is 0 Å². The summed E-state index contributed by atoms with van der Waals surface area (Å²) in [6.45, 7) is -0.217. The van der Waals surface area contributed by atoms with E-state index in [2.05, 4.69) is 15.1 Å². The third kappa shape index (κ3) is 1.11. The van der Waals surface area contributed by atoms with E-state index in [4.69, 9.17) is 10.8 Å². The van der Waals surface area contributed by atoms with Gasteiger partial charge in [0.25, 0.3) is 0 Å². The largest absolute Gasteiger partial charge is 0.388 e. The van der Waals surface area contributed by atoms with Gasteiger partial charge in [0, 0.05) is 7.05 Å². The van der Waals surface area contributed by atoms with Crippen LogP contribution in [-0.2, 0) is 13.7 Å². The molecule has 0 atom stereocenters. The first kappa shape index (κ1) is 7.93. The van der Waals surface area contributed by atoms with Crippen LogP contribution < -0.4 is 5.73 Å². The molecule has 0 aliphatic heterocycles. The zero-order valence-corrected chi connectivity index (χ0v) is 7.10. The summed E-state index contributed by atoms with van der Waals surface area (Å²) < 4.78 is 1.59. The van der Waals surface area contributed by atoms with Gasteiger partial charge >= 0.3 is 0 Å². The number of nitrogen functional groups attached to an aromatic ring is 1. The van der Waals surface area contributed by atoms with E-state index in [1.165, 1.54) is 0 Å². The predicted molar refractivity (Wildman–Crippen MR) is 46.6 cm³/mol. The molecular weight excluding hydrogens is 170 g/mol. The minimum Gasteiger partial charge on any atom is -0.388 e. The zero-order chi connectivity index (χ0) is 9.42. The molecule has 0 radical (unpaired) electrons. The lowest BCUT2D eigenvalue weighted by Crippen LogP contribution is -2.02. The summed E-state index contributed by atoms with van der Waals surface area (Å²) in [5, 5.41) is 13.5. The van der Waals surface area contributed by atoms with Crippen LogP contribution in [0.2, 0.25) is 0 Å². The molecule has 0 aliphatic carbocycles. The molecule has 68 valence electrons. The Balaban J connectivity index is 2.80. The zero-order valence-electron chi connectivity index (χ0n) is 7.10. The van der Waals surface area contributed by atoms with Gasteiger partial charge in [-0.2, -0.15) is 5.10 Å². The third-order valence-electron chi connectivity index (χ3n) is 1.81. The van der Waals surface area contributed by atoms with Gasteiger partial charge < -0.3 is 10.8 Å². The number of nitrogens with zero attached hydrogens (tertiary/aromatic N) is 4. The molecule has 13 heavy (non-hydrogen) atoms. The Morgan fingerprint density at radius 3 is 3.00 bits per heavy atom. The monoisotopic (exact) mass is 179 g/mol. The van der Waals surface area contributed by atoms with Gasteiger partial charge in [-0.1, -0.05) is 0 Å². The molecule has 2 aromatic heterocycles. The standard InChI is InChI=1S/C7H9N5O/c1-12-7-4(2-9-12)6(8)10-5(3-13)11-7/h2,13H,3H2,1H3,(H2,8,10,11). The molecule has 6 heteroatoms. The van der Waals surface area contributed by atoms with Crippen LogP contribution in [0, 0.1) is 0 Å². The van der Waals surface area contributed by atoms with E-state index < -0.39 is 0 Å². The van der Waals surface area contributed by atoms with Gasteiger partial charge in [-0.15, -0.1) is 0 Å². The molecule has 0 saturated heterocycles. The number of fused-ring (bicyclic) bond motifs is 1. The van der Waals surface area contributed by atoms with Gasteiger partial charge in [0.2, 0.25) is 0 Å². The maximum atomic E-state index is 8.84. The quantitative estimate of drug-likeness (QED) is 0.612. The fourth-order valence-electron chi connectivity index (χ4n) is 1.16. The molecule has 0 aromatic carbocycles. The van der Waals surface area contributed by atoms with Crippen LogP contribution in [0.5, 0.6) is 0 Å². The molecule has 0 amide bonds. The number of anilines is 1. The first-order valence-corrected chi connectivity index (χ1v) is 3.77. The summed E-state index contributed by atoms with van der Waals surface area (Å²) in [6, 6.07) is 0. The summed E-state index contributed by atoms with van der Waals surface area (Å²) in [7, 11) is 1.76. The SMILES string of the molecule is Cn1ncc2c(N)nc(CO)nc21. The normalized spacial score (nSPS) is 10.9. The lowest BCUT2D eigenvalue weighted by atomic mass is 10.4. The number of rotatable bonds is 1. The average molecular weight is 179 g/mol. The lowest BCUT2D eigenvalue weighted by molar-refractivity contribution is 0.272. The lowest BCUT2D eigenvalue weighted by Gasteiger charge is -1.99. The first-order valence-electron chi connectivity index (χ1n) is 3.77. The number of nitrogens with two attached hydrogens (primary N) is 1. The minimum atomic E-state index is -0.217. The van der Waals surface area contributed by atoms with E-state index in [1.54, 1.807) is 17.9 Å². The molecule has 0 unspecified atom stereocenters. The fraction of sp³-hybridized carbons (Fsp3) is 0.286. The van der Waals surface area contributed by atoms with Crippen molar-refractivity contribution in [2.24, 2.45) is 7.05 Å². The molecule has 0 fully saturated rings. The number of hydrogen-bond acceptors (Lipinski definition) is 5. The number of aliphatic hydroxyl groups excluding tert-OH is 1. The summed E-state index contributed by atoms with van der Waals surface area (Å²) in [6.07, 6.45) is 1.60. The van der Waals surface area contributed by atoms with Gasteiger partial charge in [-0.25, -0.2) is 9.97 Å². The van der Waals surface area contributed by atoms with Crippen LogP contribution in [-0.4, -0.2) is 24.9 Å². The average Bonchev–Trinajstić information content (AvgIpc) is 2.48. The van der Waals surface area contributed by atoms with Gasteiger partial charge in [0.05, 0.1) is 11.6 Å². The molecule has 0 spiro atoms. The highest BCUT2D eigenvalue weighted by Gasteiger charge is 2.07. The third-order valence-corrected chi connectivity index (χ3v) is 1.81. The Bertz CT molecular complexity index is 449. The van der Waals surface area contributed by atoms with E-state index in [1.807, 2.05) is 0 Å². The van der Waals surface area contributed by atoms with E-state index in [0.717, 1.165) is 0 Å². The highest BCUT2D eigenvalue weighted by molar-refractivity contribution is 5.84. The van der Waals surface area contributed by atoms with Gasteiger partial charge in [-0.3, -0.25) is 4.68 Å². The summed E-state index contributed by atoms with van der Waals surface area (Å²) in [4.78, 5) is 7.97. The van der Waals surface area contributed by atoms with Crippen molar-refractivity contribution in [2.75, 3.05) is 5.73 Å². The Hall–Kier alpha value is -1.69. The van der Waals surface area contributed by atoms with Crippen molar-refractivity contribution in [3.8, 4) is 0 Å². The second-order valence-electron chi connectivity index (χ2n) is 2.69. The van der Waals surface area contributed by atoms with Crippen LogP contribution in [0.25, 0.3) is 11.0 Å². The van der Waals surface area contributed by atoms with E-state index in [0.29, 0.717) is 22.7 Å². The number of aromatic nitrogens is 4. The van der Waals surface area contributed by atoms with Crippen molar-refractivity contribution in [3.63, 3.8) is 0 Å². The van der Waals surface area contributed by atoms with Crippen molar-refractivity contribution in [3.05, 3.63) is 12.0 Å². The minimum absolute atomic E-state index is 0.217. The summed E-state index contributed by atoms with van der Waals surface area (Å²) >= 11 is 0. The second kappa shape index (κ2) is 2.67. The maximum absolute atomic E-state index is 8.84. The highest BCUT2D eigenvalue weighted by Crippen LogP contribution is 2.15. The first-order chi connectivity index (χ1) is 6.22. The van der Waals surface area contributed by atoms with Crippen LogP contribution >= 0.6 is 0 Å². The van der Waals surface area contributed by atoms with Crippen LogP contribution in [0.4, 0.5) is 5.82 Å². The van der Waals surface area contributed by atoms with Crippen LogP contribution in [0.3, 0.4) is 0 Å². The molecule has 2 aromatic rings. The molecule has 0 bridgehead atoms. The fourth-order valence-corrected chi connectivity index (χ4v) is 1.16. The van der Waals surface area contributed by atoms with E-state index in [-0.39, 0.29) is 6.61 Å². The molecule has 2 heterocycles. The summed E-state index contributed by atoms with van der Waals surface area (Å²) in [5.74, 6) is 0.663. The van der Waals surface area contributed by atoms with E-state index in [9.17, 15) is 0 Å². The van der Waals surface area contributed by atoms with Crippen molar-refractivity contribution >= 4 is 16.9 Å². The van der Waals surface area contributed by atoms with Crippen molar-refractivity contribution < 1.29 is 5.11 Å². The molecule has 6 nitrogen and oxygen atoms in total. The van der Waals surface area contributed by atoms with Crippen molar-refractivity contribution in [1.82, 2.24) is 19.7 Å². The molecular formula is C7H9N5O. The van der Waals surface area contributed by atoms with Crippen LogP contribution in [0.1, 0.15) is 5.82 Å². The summed E-state index contributed by atoms with van der Waals surface area (Å²) in [5.41, 5.74) is 6.27. The molecule has 3 N–H and O–H groups in total. The Morgan fingerprint density at radius 1 is 1.54 bits per heavy atom. The van der Waals surface area contributed by atoms with Gasteiger partial charge in [0.15, 0.2) is 11.5 Å². The number of aliphatic hydroxyl groups is 1. The van der Waals surface area contributed by atoms with Crippen molar-refractivity contribution in [2.45, 2.75) is 6.61 Å². The molecule has 2 rings (SSSR count). The highest BCUT2D eigenvalue weighted by atomic mass is 16.3. The Labute approximate surface area is 74.0 Å². The second-order valence-corrected chi connectivity index (χ2v) is 2.69. The van der Waals surface area contributed by atoms with Crippen LogP contribution in [0.15, 0.2) is 6.20 Å². The van der Waals surface area contributed by atoms with Gasteiger partial charge in [0.1, 0.15) is 12.4 Å². The number of hydrogen-bond donors (Lipinski definition) is 2. The Morgan fingerprint density at radius 2 is 2.31 bits per heavy atom. The molecule has 0 aliphatic rings. The van der Waals surface area contributed by atoms with E-state index >= 15 is 0 Å². The molecule has 0 saturated carbocycles. The maximum Gasteiger partial charge on any atom is 0.163 e. The topological polar surface area (TPSA) is 89.9 Å². The predicted octanol–water partition coefficient (Wildman–Crippen LogP) is -0.562. The smallest absolute Gasteiger partial charge is 0.163 e. The Kier molecular flexibility index (Phi) is 1.63.